The van der Waals surface area contributed by atoms with Gasteiger partial charge in [-0.2, -0.15) is 0 Å². The fourth-order valence-electron chi connectivity index (χ4n) is 3.12. The van der Waals surface area contributed by atoms with E-state index in [9.17, 15) is 9.90 Å². The second-order valence-corrected chi connectivity index (χ2v) is 7.39. The Morgan fingerprint density at radius 1 is 1.19 bits per heavy atom. The van der Waals surface area contributed by atoms with Crippen LogP contribution in [0.3, 0.4) is 0 Å². The summed E-state index contributed by atoms with van der Waals surface area (Å²) < 4.78 is 0. The number of hydrogen-bond donors (Lipinski definition) is 3. The zero-order valence-electron chi connectivity index (χ0n) is 16.0. The SMILES string of the molecule is CC.O=c1[nH]c(C(Br)CCN2CCN(CCO)CC2)nc2c(O)cccc12. The second kappa shape index (κ2) is 10.8. The van der Waals surface area contributed by atoms with Crippen molar-refractivity contribution in [2.45, 2.75) is 25.1 Å². The molecule has 150 valence electrons. The highest BCUT2D eigenvalue weighted by molar-refractivity contribution is 9.09. The van der Waals surface area contributed by atoms with Gasteiger partial charge in [0.1, 0.15) is 17.1 Å². The van der Waals surface area contributed by atoms with E-state index in [0.29, 0.717) is 16.7 Å². The van der Waals surface area contributed by atoms with E-state index in [4.69, 9.17) is 5.11 Å². The third-order valence-corrected chi connectivity index (χ3v) is 5.50. The number of β-amino-alcohol motifs (C(OH)–C–C–N with tert-alkyl or cyclic N) is 1. The molecule has 0 spiro atoms. The average Bonchev–Trinajstić information content (AvgIpc) is 2.69. The Labute approximate surface area is 168 Å². The maximum Gasteiger partial charge on any atom is 0.258 e. The molecule has 0 radical (unpaired) electrons. The summed E-state index contributed by atoms with van der Waals surface area (Å²) in [5.41, 5.74) is 0.0984. The number of H-pyrrole nitrogens is 1. The van der Waals surface area contributed by atoms with Crippen LogP contribution in [0.5, 0.6) is 5.75 Å². The van der Waals surface area contributed by atoms with Crippen LogP contribution in [0, 0.1) is 0 Å². The molecule has 1 atom stereocenters. The topological polar surface area (TPSA) is 92.7 Å². The predicted molar refractivity (Wildman–Crippen MR) is 112 cm³/mol. The molecular formula is C19H29BrN4O3. The number of benzene rings is 1. The molecule has 3 N–H and O–H groups in total. The maximum absolute atomic E-state index is 12.2. The number of hydrogen-bond acceptors (Lipinski definition) is 6. The smallest absolute Gasteiger partial charge is 0.258 e. The summed E-state index contributed by atoms with van der Waals surface area (Å²) in [6.07, 6.45) is 0.808. The first kappa shape index (κ1) is 21.8. The summed E-state index contributed by atoms with van der Waals surface area (Å²) in [7, 11) is 0. The number of aromatic nitrogens is 2. The largest absolute Gasteiger partial charge is 0.506 e. The third kappa shape index (κ3) is 5.75. The lowest BCUT2D eigenvalue weighted by atomic mass is 10.2. The van der Waals surface area contributed by atoms with Gasteiger partial charge in [0.15, 0.2) is 0 Å². The Kier molecular flexibility index (Phi) is 8.69. The number of piperazine rings is 1. The van der Waals surface area contributed by atoms with E-state index in [1.807, 2.05) is 13.8 Å². The predicted octanol–water partition coefficient (Wildman–Crippen LogP) is 2.09. The summed E-state index contributed by atoms with van der Waals surface area (Å²) >= 11 is 3.61. The van der Waals surface area contributed by atoms with Gasteiger partial charge in [-0.25, -0.2) is 4.98 Å². The molecule has 2 aromatic rings. The Hall–Kier alpha value is -1.48. The molecular weight excluding hydrogens is 412 g/mol. The molecule has 27 heavy (non-hydrogen) atoms. The number of aliphatic hydroxyl groups is 1. The van der Waals surface area contributed by atoms with Crippen LogP contribution in [-0.4, -0.2) is 75.9 Å². The first-order valence-electron chi connectivity index (χ1n) is 9.50. The number of aromatic hydroxyl groups is 1. The van der Waals surface area contributed by atoms with Crippen molar-refractivity contribution in [1.29, 1.82) is 0 Å². The highest BCUT2D eigenvalue weighted by Crippen LogP contribution is 2.26. The average molecular weight is 441 g/mol. The Bertz CT molecular complexity index is 775. The van der Waals surface area contributed by atoms with Gasteiger partial charge in [0.25, 0.3) is 5.56 Å². The first-order chi connectivity index (χ1) is 13.1. The summed E-state index contributed by atoms with van der Waals surface area (Å²) in [5.74, 6) is 0.558. The molecule has 1 unspecified atom stereocenters. The minimum Gasteiger partial charge on any atom is -0.506 e. The minimum atomic E-state index is -0.238. The van der Waals surface area contributed by atoms with Crippen molar-refractivity contribution >= 4 is 26.8 Å². The Morgan fingerprint density at radius 2 is 1.81 bits per heavy atom. The number of fused-ring (bicyclic) bond motifs is 1. The molecule has 1 fully saturated rings. The van der Waals surface area contributed by atoms with Gasteiger partial charge < -0.3 is 20.1 Å². The lowest BCUT2D eigenvalue weighted by Gasteiger charge is -2.34. The molecule has 1 aliphatic rings. The number of nitrogens with zero attached hydrogens (tertiary/aromatic N) is 3. The van der Waals surface area contributed by atoms with Crippen LogP contribution in [0.4, 0.5) is 0 Å². The highest BCUT2D eigenvalue weighted by atomic mass is 79.9. The third-order valence-electron chi connectivity index (χ3n) is 4.61. The van der Waals surface area contributed by atoms with Gasteiger partial charge >= 0.3 is 0 Å². The highest BCUT2D eigenvalue weighted by Gasteiger charge is 2.19. The van der Waals surface area contributed by atoms with E-state index in [1.165, 1.54) is 6.07 Å². The molecule has 1 aromatic carbocycles. The van der Waals surface area contributed by atoms with Crippen molar-refractivity contribution in [3.8, 4) is 5.75 Å². The number of nitrogens with one attached hydrogen (secondary N) is 1. The molecule has 1 saturated heterocycles. The molecule has 8 heteroatoms. The number of aliphatic hydroxyl groups excluding tert-OH is 1. The van der Waals surface area contributed by atoms with Gasteiger partial charge in [0, 0.05) is 32.7 Å². The van der Waals surface area contributed by atoms with Gasteiger partial charge in [-0.05, 0) is 25.1 Å². The van der Waals surface area contributed by atoms with E-state index >= 15 is 0 Å². The summed E-state index contributed by atoms with van der Waals surface area (Å²) in [6, 6.07) is 4.82. The van der Waals surface area contributed by atoms with Crippen molar-refractivity contribution in [2.24, 2.45) is 0 Å². The standard InChI is InChI=1S/C17H23BrN4O3.C2H6/c18-13(4-5-21-6-8-22(9-7-21)10-11-23)16-19-15-12(17(25)20-16)2-1-3-14(15)24;1-2/h1-3,13,23-24H,4-11H2,(H,19,20,25);1-2H3. The van der Waals surface area contributed by atoms with Crippen LogP contribution in [0.15, 0.2) is 23.0 Å². The van der Waals surface area contributed by atoms with E-state index < -0.39 is 0 Å². The normalized spacial score (nSPS) is 16.7. The number of phenols is 1. The van der Waals surface area contributed by atoms with Crippen LogP contribution in [-0.2, 0) is 0 Å². The molecule has 3 rings (SSSR count). The summed E-state index contributed by atoms with van der Waals surface area (Å²) in [6.45, 7) is 9.71. The number of phenolic OH excluding ortho intramolecular Hbond substituents is 1. The number of para-hydroxylation sites is 1. The summed E-state index contributed by atoms with van der Waals surface area (Å²) in [5, 5.41) is 19.3. The lowest BCUT2D eigenvalue weighted by Crippen LogP contribution is -2.47. The number of halogens is 1. The van der Waals surface area contributed by atoms with Crippen LogP contribution in [0.25, 0.3) is 10.9 Å². The molecule has 0 saturated carbocycles. The fourth-order valence-corrected chi connectivity index (χ4v) is 3.54. The lowest BCUT2D eigenvalue weighted by molar-refractivity contribution is 0.112. The molecule has 0 bridgehead atoms. The van der Waals surface area contributed by atoms with Crippen molar-refractivity contribution in [1.82, 2.24) is 19.8 Å². The van der Waals surface area contributed by atoms with E-state index in [1.54, 1.807) is 12.1 Å². The fraction of sp³-hybridized carbons (Fsp3) is 0.579. The first-order valence-corrected chi connectivity index (χ1v) is 10.4. The number of aromatic amines is 1. The maximum atomic E-state index is 12.2. The molecule has 1 aromatic heterocycles. The zero-order valence-corrected chi connectivity index (χ0v) is 17.6. The minimum absolute atomic E-state index is 0.0181. The van der Waals surface area contributed by atoms with Crippen molar-refractivity contribution in [3.63, 3.8) is 0 Å². The van der Waals surface area contributed by atoms with Gasteiger partial charge in [-0.1, -0.05) is 35.8 Å². The molecule has 1 aliphatic heterocycles. The molecule has 0 aliphatic carbocycles. The van der Waals surface area contributed by atoms with Crippen molar-refractivity contribution in [2.75, 3.05) is 45.9 Å². The van der Waals surface area contributed by atoms with E-state index in [0.717, 1.165) is 45.7 Å². The van der Waals surface area contributed by atoms with Gasteiger partial charge in [-0.3, -0.25) is 9.69 Å². The van der Waals surface area contributed by atoms with Crippen LogP contribution in [0.1, 0.15) is 30.9 Å². The van der Waals surface area contributed by atoms with E-state index in [-0.39, 0.29) is 22.7 Å². The number of alkyl halides is 1. The zero-order chi connectivity index (χ0) is 19.8. The Balaban J connectivity index is 0.00000126. The summed E-state index contributed by atoms with van der Waals surface area (Å²) in [4.78, 5) is 24.0. The monoisotopic (exact) mass is 440 g/mol. The van der Waals surface area contributed by atoms with Crippen molar-refractivity contribution in [3.05, 3.63) is 34.4 Å². The second-order valence-electron chi connectivity index (χ2n) is 6.29. The van der Waals surface area contributed by atoms with Crippen LogP contribution >= 0.6 is 15.9 Å². The quantitative estimate of drug-likeness (QED) is 0.595. The molecule has 2 heterocycles. The Morgan fingerprint density at radius 3 is 2.44 bits per heavy atom. The molecule has 7 nitrogen and oxygen atoms in total. The van der Waals surface area contributed by atoms with Gasteiger partial charge in [-0.15, -0.1) is 0 Å². The number of rotatable bonds is 6. The van der Waals surface area contributed by atoms with Gasteiger partial charge in [0.05, 0.1) is 16.8 Å². The van der Waals surface area contributed by atoms with Crippen LogP contribution < -0.4 is 5.56 Å². The van der Waals surface area contributed by atoms with Crippen molar-refractivity contribution < 1.29 is 10.2 Å². The van der Waals surface area contributed by atoms with E-state index in [2.05, 4.69) is 35.7 Å². The van der Waals surface area contributed by atoms with Crippen LogP contribution in [0.2, 0.25) is 0 Å². The van der Waals surface area contributed by atoms with Gasteiger partial charge in [0.2, 0.25) is 0 Å². The molecule has 0 amide bonds.